The number of carbonyl (C=O) groups is 1. The van der Waals surface area contributed by atoms with Crippen molar-refractivity contribution in [3.63, 3.8) is 0 Å². The average Bonchev–Trinajstić information content (AvgIpc) is 3.18. The SMILES string of the molecule is O=C1OC(CN2CCN(c3ccccc3F)CC2)CN1CCNc1ccnc2cc(Cl)ccc12. The fourth-order valence-electron chi connectivity index (χ4n) is 4.62. The van der Waals surface area contributed by atoms with E-state index >= 15 is 0 Å². The number of carbonyl (C=O) groups excluding carboxylic acids is 1. The smallest absolute Gasteiger partial charge is 0.410 e. The first-order valence-electron chi connectivity index (χ1n) is 11.5. The molecule has 1 aromatic heterocycles. The molecule has 5 rings (SSSR count). The number of para-hydroxylation sites is 1. The lowest BCUT2D eigenvalue weighted by Gasteiger charge is -2.36. The minimum atomic E-state index is -0.275. The summed E-state index contributed by atoms with van der Waals surface area (Å²) in [5.74, 6) is -0.187. The Kier molecular flexibility index (Phi) is 6.69. The molecule has 2 aromatic carbocycles. The van der Waals surface area contributed by atoms with Crippen LogP contribution in [0, 0.1) is 5.82 Å². The first-order chi connectivity index (χ1) is 16.6. The van der Waals surface area contributed by atoms with Crippen molar-refractivity contribution in [2.24, 2.45) is 0 Å². The van der Waals surface area contributed by atoms with E-state index in [9.17, 15) is 9.18 Å². The number of nitrogens with one attached hydrogen (secondary N) is 1. The van der Waals surface area contributed by atoms with E-state index in [1.54, 1.807) is 17.2 Å². The molecule has 0 bridgehead atoms. The van der Waals surface area contributed by atoms with Crippen LogP contribution in [0.4, 0.5) is 20.6 Å². The first kappa shape index (κ1) is 22.7. The third-order valence-corrected chi connectivity index (χ3v) is 6.61. The number of aromatic nitrogens is 1. The molecule has 7 nitrogen and oxygen atoms in total. The number of anilines is 2. The lowest BCUT2D eigenvalue weighted by molar-refractivity contribution is 0.104. The van der Waals surface area contributed by atoms with Crippen molar-refractivity contribution < 1.29 is 13.9 Å². The number of piperazine rings is 1. The highest BCUT2D eigenvalue weighted by Gasteiger charge is 2.33. The first-order valence-corrected chi connectivity index (χ1v) is 11.9. The van der Waals surface area contributed by atoms with Crippen LogP contribution in [0.15, 0.2) is 54.7 Å². The number of halogens is 2. The molecule has 34 heavy (non-hydrogen) atoms. The minimum absolute atomic E-state index is 0.156. The molecule has 2 aliphatic heterocycles. The van der Waals surface area contributed by atoms with Gasteiger partial charge in [0.25, 0.3) is 0 Å². The molecule has 2 saturated heterocycles. The maximum Gasteiger partial charge on any atom is 0.410 e. The summed E-state index contributed by atoms with van der Waals surface area (Å²) < 4.78 is 19.7. The van der Waals surface area contributed by atoms with Gasteiger partial charge in [0.05, 0.1) is 17.7 Å². The number of benzene rings is 2. The second-order valence-electron chi connectivity index (χ2n) is 8.64. The molecule has 2 fully saturated rings. The predicted molar refractivity (Wildman–Crippen MR) is 132 cm³/mol. The molecule has 3 aromatic rings. The van der Waals surface area contributed by atoms with E-state index in [-0.39, 0.29) is 18.0 Å². The molecule has 1 N–H and O–H groups in total. The summed E-state index contributed by atoms with van der Waals surface area (Å²) in [5.41, 5.74) is 2.44. The van der Waals surface area contributed by atoms with Gasteiger partial charge in [-0.1, -0.05) is 23.7 Å². The molecule has 178 valence electrons. The maximum atomic E-state index is 14.1. The average molecular weight is 484 g/mol. The van der Waals surface area contributed by atoms with Gasteiger partial charge in [-0.25, -0.2) is 9.18 Å². The lowest BCUT2D eigenvalue weighted by Crippen LogP contribution is -2.49. The van der Waals surface area contributed by atoms with Gasteiger partial charge in [-0.2, -0.15) is 0 Å². The molecule has 0 radical (unpaired) electrons. The van der Waals surface area contributed by atoms with Crippen molar-refractivity contribution in [1.82, 2.24) is 14.8 Å². The topological polar surface area (TPSA) is 60.9 Å². The number of rotatable bonds is 7. The number of amides is 1. The van der Waals surface area contributed by atoms with Gasteiger partial charge in [0.15, 0.2) is 0 Å². The van der Waals surface area contributed by atoms with E-state index in [0.717, 1.165) is 42.8 Å². The lowest BCUT2D eigenvalue weighted by atomic mass is 10.2. The summed E-state index contributed by atoms with van der Waals surface area (Å²) in [6.07, 6.45) is 1.31. The number of pyridine rings is 1. The summed E-state index contributed by atoms with van der Waals surface area (Å²) in [6.45, 7) is 5.53. The molecule has 1 atom stereocenters. The molecule has 0 spiro atoms. The van der Waals surface area contributed by atoms with Crippen LogP contribution >= 0.6 is 11.6 Å². The summed E-state index contributed by atoms with van der Waals surface area (Å²) in [5, 5.41) is 5.04. The zero-order chi connectivity index (χ0) is 23.5. The predicted octanol–water partition coefficient (Wildman–Crippen LogP) is 4.08. The van der Waals surface area contributed by atoms with Gasteiger partial charge in [-0.3, -0.25) is 9.88 Å². The van der Waals surface area contributed by atoms with E-state index in [4.69, 9.17) is 16.3 Å². The molecule has 1 unspecified atom stereocenters. The van der Waals surface area contributed by atoms with Crippen molar-refractivity contribution in [2.45, 2.75) is 6.10 Å². The highest BCUT2D eigenvalue weighted by atomic mass is 35.5. The van der Waals surface area contributed by atoms with Gasteiger partial charge >= 0.3 is 6.09 Å². The van der Waals surface area contributed by atoms with Crippen LogP contribution in [0.5, 0.6) is 0 Å². The van der Waals surface area contributed by atoms with E-state index in [0.29, 0.717) is 36.9 Å². The third kappa shape index (κ3) is 5.03. The van der Waals surface area contributed by atoms with E-state index in [2.05, 4.69) is 20.1 Å². The number of nitrogens with zero attached hydrogens (tertiary/aromatic N) is 4. The van der Waals surface area contributed by atoms with Crippen molar-refractivity contribution in [1.29, 1.82) is 0 Å². The van der Waals surface area contributed by atoms with Crippen molar-refractivity contribution >= 4 is 40.0 Å². The van der Waals surface area contributed by atoms with Crippen LogP contribution in [-0.4, -0.2) is 79.3 Å². The summed E-state index contributed by atoms with van der Waals surface area (Å²) in [6, 6.07) is 14.4. The van der Waals surface area contributed by atoms with Gasteiger partial charge in [-0.05, 0) is 36.4 Å². The quantitative estimate of drug-likeness (QED) is 0.546. The zero-order valence-corrected chi connectivity index (χ0v) is 19.5. The zero-order valence-electron chi connectivity index (χ0n) is 18.8. The van der Waals surface area contributed by atoms with Gasteiger partial charge in [0.2, 0.25) is 0 Å². The van der Waals surface area contributed by atoms with Crippen molar-refractivity contribution in [2.75, 3.05) is 62.6 Å². The second-order valence-corrected chi connectivity index (χ2v) is 9.07. The van der Waals surface area contributed by atoms with Crippen LogP contribution in [0.2, 0.25) is 5.02 Å². The summed E-state index contributed by atoms with van der Waals surface area (Å²) in [7, 11) is 0. The molecular weight excluding hydrogens is 457 g/mol. The summed E-state index contributed by atoms with van der Waals surface area (Å²) >= 11 is 6.06. The number of ether oxygens (including phenoxy) is 1. The maximum absolute atomic E-state index is 14.1. The fourth-order valence-corrected chi connectivity index (χ4v) is 4.79. The molecule has 0 saturated carbocycles. The molecule has 0 aliphatic carbocycles. The standard InChI is InChI=1S/C25H27ClFN5O2/c26-18-5-6-20-22(7-8-28-23(20)15-18)29-9-10-32-17-19(34-25(32)33)16-30-11-13-31(14-12-30)24-4-2-1-3-21(24)27/h1-8,15,19H,9-14,16-17H2,(H,28,29). The molecular formula is C25H27ClFN5O2. The van der Waals surface area contributed by atoms with Crippen molar-refractivity contribution in [3.8, 4) is 0 Å². The monoisotopic (exact) mass is 483 g/mol. The molecule has 3 heterocycles. The second kappa shape index (κ2) is 10.0. The third-order valence-electron chi connectivity index (χ3n) is 6.38. The van der Waals surface area contributed by atoms with Gasteiger partial charge in [-0.15, -0.1) is 0 Å². The Labute approximate surface area is 203 Å². The van der Waals surface area contributed by atoms with Crippen LogP contribution in [0.3, 0.4) is 0 Å². The number of hydrogen-bond donors (Lipinski definition) is 1. The Morgan fingerprint density at radius 1 is 1.12 bits per heavy atom. The molecule has 1 amide bonds. The Bertz CT molecular complexity index is 1170. The fraction of sp³-hybridized carbons (Fsp3) is 0.360. The highest BCUT2D eigenvalue weighted by molar-refractivity contribution is 6.31. The number of cyclic esters (lactones) is 1. The normalized spacial score (nSPS) is 19.0. The Hall–Kier alpha value is -3.10. The number of hydrogen-bond acceptors (Lipinski definition) is 6. The largest absolute Gasteiger partial charge is 0.443 e. The van der Waals surface area contributed by atoms with Gasteiger partial charge in [0.1, 0.15) is 11.9 Å². The Morgan fingerprint density at radius 2 is 1.94 bits per heavy atom. The van der Waals surface area contributed by atoms with E-state index < -0.39 is 0 Å². The van der Waals surface area contributed by atoms with Crippen molar-refractivity contribution in [3.05, 3.63) is 65.6 Å². The van der Waals surface area contributed by atoms with Crippen LogP contribution in [0.1, 0.15) is 0 Å². The molecule has 2 aliphatic rings. The highest BCUT2D eigenvalue weighted by Crippen LogP contribution is 2.25. The van der Waals surface area contributed by atoms with Crippen LogP contribution < -0.4 is 10.2 Å². The summed E-state index contributed by atoms with van der Waals surface area (Å²) in [4.78, 5) is 22.8. The van der Waals surface area contributed by atoms with E-state index in [1.807, 2.05) is 36.4 Å². The number of fused-ring (bicyclic) bond motifs is 1. The van der Waals surface area contributed by atoms with E-state index in [1.165, 1.54) is 6.07 Å². The van der Waals surface area contributed by atoms with Gasteiger partial charge < -0.3 is 19.9 Å². The minimum Gasteiger partial charge on any atom is -0.443 e. The van der Waals surface area contributed by atoms with Gasteiger partial charge in [0, 0.05) is 68.1 Å². The molecule has 9 heteroatoms. The van der Waals surface area contributed by atoms with Crippen LogP contribution in [-0.2, 0) is 4.74 Å². The Balaban J connectivity index is 1.09. The Morgan fingerprint density at radius 3 is 2.76 bits per heavy atom. The van der Waals surface area contributed by atoms with Crippen LogP contribution in [0.25, 0.3) is 10.9 Å².